The van der Waals surface area contributed by atoms with E-state index in [1.165, 1.54) is 14.2 Å². The number of carbonyl (C=O) groups is 1. The van der Waals surface area contributed by atoms with Crippen molar-refractivity contribution in [2.75, 3.05) is 31.3 Å². The summed E-state index contributed by atoms with van der Waals surface area (Å²) in [5, 5.41) is 2.91. The molecule has 7 nitrogen and oxygen atoms in total. The van der Waals surface area contributed by atoms with Gasteiger partial charge in [-0.1, -0.05) is 18.2 Å². The van der Waals surface area contributed by atoms with Gasteiger partial charge in [0.15, 0.2) is 0 Å². The zero-order chi connectivity index (χ0) is 25.6. The van der Waals surface area contributed by atoms with E-state index in [4.69, 9.17) is 9.47 Å². The largest absolute Gasteiger partial charge is 0.497 e. The van der Waals surface area contributed by atoms with E-state index in [9.17, 15) is 13.2 Å². The lowest BCUT2D eigenvalue weighted by Gasteiger charge is -2.26. The molecule has 0 unspecified atom stereocenters. The second-order valence-corrected chi connectivity index (χ2v) is 10.6. The Balaban J connectivity index is 1.94. The van der Waals surface area contributed by atoms with Crippen molar-refractivity contribution in [3.8, 4) is 11.5 Å². The first-order chi connectivity index (χ1) is 16.7. The van der Waals surface area contributed by atoms with E-state index in [1.807, 2.05) is 37.4 Å². The van der Waals surface area contributed by atoms with Crippen molar-refractivity contribution in [3.63, 3.8) is 0 Å². The average molecular weight is 515 g/mol. The van der Waals surface area contributed by atoms with Crippen molar-refractivity contribution >= 4 is 33.4 Å². The van der Waals surface area contributed by atoms with Crippen LogP contribution in [0.2, 0.25) is 0 Å². The summed E-state index contributed by atoms with van der Waals surface area (Å²) in [7, 11) is -1.20. The van der Waals surface area contributed by atoms with Gasteiger partial charge < -0.3 is 14.8 Å². The van der Waals surface area contributed by atoms with E-state index in [-0.39, 0.29) is 16.7 Å². The zero-order valence-corrected chi connectivity index (χ0v) is 22.1. The maximum Gasteiger partial charge on any atom is 0.268 e. The lowest BCUT2D eigenvalue weighted by atomic mass is 10.1. The summed E-state index contributed by atoms with van der Waals surface area (Å²) >= 11 is 1.64. The molecule has 0 saturated heterocycles. The number of amides is 1. The summed E-state index contributed by atoms with van der Waals surface area (Å²) in [6, 6.07) is 19.0. The highest BCUT2D eigenvalue weighted by atomic mass is 32.2. The van der Waals surface area contributed by atoms with E-state index in [2.05, 4.69) is 5.32 Å². The topological polar surface area (TPSA) is 84.9 Å². The van der Waals surface area contributed by atoms with E-state index < -0.39 is 22.5 Å². The molecular weight excluding hydrogens is 484 g/mol. The number of rotatable bonds is 10. The minimum Gasteiger partial charge on any atom is -0.497 e. The third-order valence-electron chi connectivity index (χ3n) is 5.53. The summed E-state index contributed by atoms with van der Waals surface area (Å²) in [6.45, 7) is 3.26. The molecule has 0 saturated carbocycles. The summed E-state index contributed by atoms with van der Waals surface area (Å²) in [5.41, 5.74) is 2.02. The van der Waals surface area contributed by atoms with Gasteiger partial charge in [-0.05, 0) is 79.8 Å². The van der Waals surface area contributed by atoms with Crippen molar-refractivity contribution in [1.29, 1.82) is 0 Å². The molecule has 0 spiro atoms. The molecule has 3 aromatic carbocycles. The van der Waals surface area contributed by atoms with Gasteiger partial charge in [0.25, 0.3) is 10.0 Å². The molecule has 0 radical (unpaired) electrons. The van der Waals surface area contributed by atoms with E-state index >= 15 is 0 Å². The number of aryl methyl sites for hydroxylation is 1. The number of hydrogen-bond acceptors (Lipinski definition) is 6. The van der Waals surface area contributed by atoms with Gasteiger partial charge in [-0.25, -0.2) is 8.42 Å². The Morgan fingerprint density at radius 3 is 2.23 bits per heavy atom. The highest BCUT2D eigenvalue weighted by Gasteiger charge is 2.30. The van der Waals surface area contributed by atoms with Crippen LogP contribution < -0.4 is 19.1 Å². The first-order valence-electron chi connectivity index (χ1n) is 10.9. The number of ether oxygens (including phenoxy) is 2. The van der Waals surface area contributed by atoms with Crippen molar-refractivity contribution in [3.05, 3.63) is 77.9 Å². The molecule has 0 aliphatic carbocycles. The Hall–Kier alpha value is -3.17. The van der Waals surface area contributed by atoms with Crippen LogP contribution in [0.1, 0.15) is 24.1 Å². The van der Waals surface area contributed by atoms with Crippen LogP contribution in [0.15, 0.2) is 76.5 Å². The standard InChI is InChI=1S/C26H30N2O5S2/c1-18-6-15-24(33-4)25(16-18)35(30,31)28(21-9-11-22(32-3)12-10-21)17-26(29)27-19(2)20-7-13-23(34-5)14-8-20/h6-16,19H,17H2,1-5H3,(H,27,29)/t19-/m1/s1. The Morgan fingerprint density at radius 1 is 1.00 bits per heavy atom. The number of anilines is 1. The molecule has 3 aromatic rings. The molecule has 0 aliphatic rings. The van der Waals surface area contributed by atoms with Crippen LogP contribution in [-0.2, 0) is 14.8 Å². The predicted octanol–water partition coefficient (Wildman–Crippen LogP) is 4.81. The van der Waals surface area contributed by atoms with Crippen LogP contribution in [0.3, 0.4) is 0 Å². The number of hydrogen-bond donors (Lipinski definition) is 1. The molecule has 0 bridgehead atoms. The predicted molar refractivity (Wildman–Crippen MR) is 140 cm³/mol. The van der Waals surface area contributed by atoms with Crippen molar-refractivity contribution in [2.45, 2.75) is 29.7 Å². The fourth-order valence-electron chi connectivity index (χ4n) is 3.56. The van der Waals surface area contributed by atoms with Crippen LogP contribution in [0.4, 0.5) is 5.69 Å². The number of sulfonamides is 1. The summed E-state index contributed by atoms with van der Waals surface area (Å²) in [5.74, 6) is 0.347. The van der Waals surface area contributed by atoms with Gasteiger partial charge in [0.2, 0.25) is 5.91 Å². The summed E-state index contributed by atoms with van der Waals surface area (Å²) in [6.07, 6.45) is 2.00. The average Bonchev–Trinajstić information content (AvgIpc) is 2.87. The van der Waals surface area contributed by atoms with Crippen LogP contribution >= 0.6 is 11.8 Å². The smallest absolute Gasteiger partial charge is 0.268 e. The van der Waals surface area contributed by atoms with E-state index in [1.54, 1.807) is 61.2 Å². The van der Waals surface area contributed by atoms with Crippen molar-refractivity contribution in [2.24, 2.45) is 0 Å². The summed E-state index contributed by atoms with van der Waals surface area (Å²) in [4.78, 5) is 14.2. The quantitative estimate of drug-likeness (QED) is 0.391. The normalized spacial score (nSPS) is 12.0. The molecule has 1 amide bonds. The molecule has 0 aliphatic heterocycles. The zero-order valence-electron chi connectivity index (χ0n) is 20.4. The minimum absolute atomic E-state index is 0.00989. The maximum absolute atomic E-state index is 13.8. The molecule has 0 aromatic heterocycles. The third-order valence-corrected chi connectivity index (χ3v) is 8.07. The number of methoxy groups -OCH3 is 2. The fourth-order valence-corrected chi connectivity index (χ4v) is 5.63. The van der Waals surface area contributed by atoms with Crippen LogP contribution in [0, 0.1) is 6.92 Å². The lowest BCUT2D eigenvalue weighted by molar-refractivity contribution is -0.120. The molecule has 3 rings (SSSR count). The number of benzene rings is 3. The highest BCUT2D eigenvalue weighted by molar-refractivity contribution is 7.98. The Labute approximate surface area is 211 Å². The molecule has 0 fully saturated rings. The first-order valence-corrected chi connectivity index (χ1v) is 13.6. The molecule has 9 heteroatoms. The minimum atomic E-state index is -4.14. The molecule has 186 valence electrons. The molecule has 35 heavy (non-hydrogen) atoms. The van der Waals surface area contributed by atoms with Gasteiger partial charge in [-0.2, -0.15) is 0 Å². The SMILES string of the molecule is COc1ccc(N(CC(=O)N[C@H](C)c2ccc(SC)cc2)S(=O)(=O)c2cc(C)ccc2OC)cc1. The van der Waals surface area contributed by atoms with Crippen molar-refractivity contribution < 1.29 is 22.7 Å². The van der Waals surface area contributed by atoms with Gasteiger partial charge in [0.05, 0.1) is 25.9 Å². The molecule has 0 heterocycles. The number of nitrogens with zero attached hydrogens (tertiary/aromatic N) is 1. The van der Waals surface area contributed by atoms with Gasteiger partial charge in [-0.3, -0.25) is 9.10 Å². The van der Waals surface area contributed by atoms with Crippen molar-refractivity contribution in [1.82, 2.24) is 5.32 Å². The van der Waals surface area contributed by atoms with E-state index in [0.29, 0.717) is 11.4 Å². The second kappa shape index (κ2) is 11.5. The van der Waals surface area contributed by atoms with Gasteiger partial charge >= 0.3 is 0 Å². The lowest BCUT2D eigenvalue weighted by Crippen LogP contribution is -2.41. The first kappa shape index (κ1) is 26.4. The van der Waals surface area contributed by atoms with Gasteiger partial charge in [0.1, 0.15) is 22.9 Å². The number of nitrogens with one attached hydrogen (secondary N) is 1. The number of carbonyl (C=O) groups excluding carboxylic acids is 1. The monoisotopic (exact) mass is 514 g/mol. The van der Waals surface area contributed by atoms with Gasteiger partial charge in [0, 0.05) is 4.90 Å². The van der Waals surface area contributed by atoms with Gasteiger partial charge in [-0.15, -0.1) is 11.8 Å². The highest BCUT2D eigenvalue weighted by Crippen LogP contribution is 2.31. The van der Waals surface area contributed by atoms with E-state index in [0.717, 1.165) is 20.3 Å². The second-order valence-electron chi connectivity index (χ2n) is 7.93. The Bertz CT molecular complexity index is 1260. The Kier molecular flexibility index (Phi) is 8.69. The number of thioether (sulfide) groups is 1. The van der Waals surface area contributed by atoms with Crippen LogP contribution in [0.25, 0.3) is 0 Å². The molecule has 1 N–H and O–H groups in total. The molecular formula is C26H30N2O5S2. The summed E-state index contributed by atoms with van der Waals surface area (Å²) < 4.78 is 39.2. The van der Waals surface area contributed by atoms with Crippen LogP contribution in [-0.4, -0.2) is 41.3 Å². The van der Waals surface area contributed by atoms with Crippen LogP contribution in [0.5, 0.6) is 11.5 Å². The maximum atomic E-state index is 13.8. The fraction of sp³-hybridized carbons (Fsp3) is 0.269. The molecule has 1 atom stereocenters. The Morgan fingerprint density at radius 2 is 1.66 bits per heavy atom. The third kappa shape index (κ3) is 6.29.